The maximum atomic E-state index is 12.4. The summed E-state index contributed by atoms with van der Waals surface area (Å²) < 4.78 is 0. The van der Waals surface area contributed by atoms with Gasteiger partial charge in [-0.2, -0.15) is 5.26 Å². The number of hydrogen-bond donors (Lipinski definition) is 1. The van der Waals surface area contributed by atoms with Crippen molar-refractivity contribution in [2.24, 2.45) is 0 Å². The predicted octanol–water partition coefficient (Wildman–Crippen LogP) is 4.00. The molecule has 2 amide bonds. The monoisotopic (exact) mass is 293 g/mol. The number of nitrogens with zero attached hydrogens (tertiary/aromatic N) is 2. The smallest absolute Gasteiger partial charge is 0.320 e. The lowest BCUT2D eigenvalue weighted by molar-refractivity contribution is 0.209. The summed E-state index contributed by atoms with van der Waals surface area (Å²) in [6.45, 7) is 3.32. The Balaban J connectivity index is 2.04. The molecule has 0 aliphatic heterocycles. The predicted molar refractivity (Wildman–Crippen MR) is 87.3 cm³/mol. The van der Waals surface area contributed by atoms with Gasteiger partial charge in [0.15, 0.2) is 0 Å². The minimum Gasteiger partial charge on any atom is -0.320 e. The minimum absolute atomic E-state index is 0.129. The number of rotatable bonds is 5. The van der Waals surface area contributed by atoms with Crippen LogP contribution < -0.4 is 5.32 Å². The molecule has 22 heavy (non-hydrogen) atoms. The standard InChI is InChI=1S/C18H19N3O/c1-2-12-21(14-16-6-4-3-5-7-16)18(22)20-17-10-8-15(13-19)9-11-17/h3-11H,2,12,14H2,1H3,(H,20,22). The molecule has 0 spiro atoms. The van der Waals surface area contributed by atoms with Gasteiger partial charge in [0.25, 0.3) is 0 Å². The van der Waals surface area contributed by atoms with Crippen molar-refractivity contribution in [2.45, 2.75) is 19.9 Å². The van der Waals surface area contributed by atoms with E-state index in [-0.39, 0.29) is 6.03 Å². The Labute approximate surface area is 131 Å². The lowest BCUT2D eigenvalue weighted by atomic mass is 10.2. The van der Waals surface area contributed by atoms with Crippen LogP contribution in [0.3, 0.4) is 0 Å². The van der Waals surface area contributed by atoms with Crippen LogP contribution in [0.25, 0.3) is 0 Å². The third-order valence-electron chi connectivity index (χ3n) is 3.26. The maximum Gasteiger partial charge on any atom is 0.322 e. The summed E-state index contributed by atoms with van der Waals surface area (Å²) >= 11 is 0. The average Bonchev–Trinajstić information content (AvgIpc) is 2.56. The molecule has 0 unspecified atom stereocenters. The van der Waals surface area contributed by atoms with Crippen molar-refractivity contribution in [3.05, 3.63) is 65.7 Å². The third kappa shape index (κ3) is 4.35. The van der Waals surface area contributed by atoms with Gasteiger partial charge in [0.1, 0.15) is 0 Å². The number of nitrogens with one attached hydrogen (secondary N) is 1. The summed E-state index contributed by atoms with van der Waals surface area (Å²) in [6.07, 6.45) is 0.896. The Morgan fingerprint density at radius 3 is 2.41 bits per heavy atom. The minimum atomic E-state index is -0.129. The van der Waals surface area contributed by atoms with E-state index in [0.29, 0.717) is 24.3 Å². The molecular weight excluding hydrogens is 274 g/mol. The fraction of sp³-hybridized carbons (Fsp3) is 0.222. The molecule has 0 fully saturated rings. The fourth-order valence-corrected chi connectivity index (χ4v) is 2.16. The van der Waals surface area contributed by atoms with Crippen molar-refractivity contribution >= 4 is 11.7 Å². The second-order valence-electron chi connectivity index (χ2n) is 5.03. The molecule has 1 N–H and O–H groups in total. The Morgan fingerprint density at radius 2 is 1.82 bits per heavy atom. The van der Waals surface area contributed by atoms with Crippen LogP contribution >= 0.6 is 0 Å². The van der Waals surface area contributed by atoms with Gasteiger partial charge in [-0.25, -0.2) is 4.79 Å². The van der Waals surface area contributed by atoms with Crippen LogP contribution in [0.15, 0.2) is 54.6 Å². The van der Waals surface area contributed by atoms with Gasteiger partial charge in [-0.15, -0.1) is 0 Å². The van der Waals surface area contributed by atoms with Crippen LogP contribution in [-0.2, 0) is 6.54 Å². The molecular formula is C18H19N3O. The first kappa shape index (κ1) is 15.6. The second kappa shape index (κ2) is 7.84. The molecule has 112 valence electrons. The molecule has 0 aliphatic rings. The van der Waals surface area contributed by atoms with Gasteiger partial charge in [0, 0.05) is 18.8 Å². The van der Waals surface area contributed by atoms with E-state index < -0.39 is 0 Å². The van der Waals surface area contributed by atoms with E-state index in [1.165, 1.54) is 0 Å². The van der Waals surface area contributed by atoms with Gasteiger partial charge in [-0.05, 0) is 36.2 Å². The van der Waals surface area contributed by atoms with Gasteiger partial charge in [-0.1, -0.05) is 37.3 Å². The topological polar surface area (TPSA) is 56.1 Å². The van der Waals surface area contributed by atoms with Crippen LogP contribution in [0, 0.1) is 11.3 Å². The highest BCUT2D eigenvalue weighted by Crippen LogP contribution is 2.12. The average molecular weight is 293 g/mol. The van der Waals surface area contributed by atoms with Crippen molar-refractivity contribution in [1.82, 2.24) is 4.90 Å². The van der Waals surface area contributed by atoms with Crippen LogP contribution in [0.2, 0.25) is 0 Å². The van der Waals surface area contributed by atoms with E-state index in [1.807, 2.05) is 37.3 Å². The Morgan fingerprint density at radius 1 is 1.14 bits per heavy atom. The molecule has 2 aromatic carbocycles. The largest absolute Gasteiger partial charge is 0.322 e. The molecule has 0 aliphatic carbocycles. The number of amides is 2. The zero-order chi connectivity index (χ0) is 15.8. The van der Waals surface area contributed by atoms with Crippen molar-refractivity contribution < 1.29 is 4.79 Å². The van der Waals surface area contributed by atoms with Crippen LogP contribution in [-0.4, -0.2) is 17.5 Å². The SMILES string of the molecule is CCCN(Cc1ccccc1)C(=O)Nc1ccc(C#N)cc1. The zero-order valence-corrected chi connectivity index (χ0v) is 12.6. The summed E-state index contributed by atoms with van der Waals surface area (Å²) in [5.41, 5.74) is 2.37. The first-order chi connectivity index (χ1) is 10.7. The van der Waals surface area contributed by atoms with E-state index in [0.717, 1.165) is 12.0 Å². The first-order valence-electron chi connectivity index (χ1n) is 7.33. The molecule has 2 aromatic rings. The summed E-state index contributed by atoms with van der Waals surface area (Å²) in [5, 5.41) is 11.7. The van der Waals surface area contributed by atoms with Gasteiger partial charge in [0.05, 0.1) is 11.6 Å². The van der Waals surface area contributed by atoms with Gasteiger partial charge in [-0.3, -0.25) is 0 Å². The zero-order valence-electron chi connectivity index (χ0n) is 12.6. The first-order valence-corrected chi connectivity index (χ1v) is 7.33. The second-order valence-corrected chi connectivity index (χ2v) is 5.03. The highest BCUT2D eigenvalue weighted by molar-refractivity contribution is 5.89. The number of benzene rings is 2. The van der Waals surface area contributed by atoms with Gasteiger partial charge >= 0.3 is 6.03 Å². The van der Waals surface area contributed by atoms with E-state index in [1.54, 1.807) is 29.2 Å². The highest BCUT2D eigenvalue weighted by Gasteiger charge is 2.13. The number of hydrogen-bond acceptors (Lipinski definition) is 2. The lowest BCUT2D eigenvalue weighted by Gasteiger charge is -2.22. The van der Waals surface area contributed by atoms with Crippen molar-refractivity contribution in [3.8, 4) is 6.07 Å². The fourth-order valence-electron chi connectivity index (χ4n) is 2.16. The summed E-state index contributed by atoms with van der Waals surface area (Å²) in [5.74, 6) is 0. The third-order valence-corrected chi connectivity index (χ3v) is 3.26. The quantitative estimate of drug-likeness (QED) is 0.905. The van der Waals surface area contributed by atoms with Gasteiger partial charge < -0.3 is 10.2 Å². The molecule has 0 saturated heterocycles. The summed E-state index contributed by atoms with van der Waals surface area (Å²) in [6, 6.07) is 18.7. The molecule has 0 bridgehead atoms. The van der Waals surface area contributed by atoms with Crippen molar-refractivity contribution in [3.63, 3.8) is 0 Å². The molecule has 4 heteroatoms. The van der Waals surface area contributed by atoms with Crippen molar-refractivity contribution in [1.29, 1.82) is 5.26 Å². The molecule has 0 aromatic heterocycles. The van der Waals surface area contributed by atoms with Crippen molar-refractivity contribution in [2.75, 3.05) is 11.9 Å². The van der Waals surface area contributed by atoms with Crippen LogP contribution in [0.1, 0.15) is 24.5 Å². The lowest BCUT2D eigenvalue weighted by Crippen LogP contribution is -2.35. The highest BCUT2D eigenvalue weighted by atomic mass is 16.2. The van der Waals surface area contributed by atoms with E-state index in [2.05, 4.69) is 11.4 Å². The Kier molecular flexibility index (Phi) is 5.56. The Bertz CT molecular complexity index is 644. The molecule has 0 atom stereocenters. The molecule has 0 radical (unpaired) electrons. The molecule has 2 rings (SSSR count). The molecule has 4 nitrogen and oxygen atoms in total. The molecule has 0 heterocycles. The van der Waals surface area contributed by atoms with Crippen LogP contribution in [0.5, 0.6) is 0 Å². The summed E-state index contributed by atoms with van der Waals surface area (Å²) in [4.78, 5) is 14.2. The number of anilines is 1. The van der Waals surface area contributed by atoms with E-state index in [4.69, 9.17) is 5.26 Å². The molecule has 0 saturated carbocycles. The maximum absolute atomic E-state index is 12.4. The Hall–Kier alpha value is -2.80. The summed E-state index contributed by atoms with van der Waals surface area (Å²) in [7, 11) is 0. The number of carbonyl (C=O) groups excluding carboxylic acids is 1. The van der Waals surface area contributed by atoms with E-state index >= 15 is 0 Å². The van der Waals surface area contributed by atoms with Crippen LogP contribution in [0.4, 0.5) is 10.5 Å². The number of nitriles is 1. The number of carbonyl (C=O) groups is 1. The van der Waals surface area contributed by atoms with Gasteiger partial charge in [0.2, 0.25) is 0 Å². The van der Waals surface area contributed by atoms with E-state index in [9.17, 15) is 4.79 Å². The normalized spacial score (nSPS) is 9.82. The number of urea groups is 1.